The van der Waals surface area contributed by atoms with Crippen molar-refractivity contribution in [3.63, 3.8) is 0 Å². The van der Waals surface area contributed by atoms with E-state index in [9.17, 15) is 28.0 Å². The molecule has 2 unspecified atom stereocenters. The molecular formula is C23H24F2N6O4. The highest BCUT2D eigenvalue weighted by Crippen LogP contribution is 2.41. The normalized spacial score (nSPS) is 25.9. The Hall–Kier alpha value is -3.70. The monoisotopic (exact) mass is 486 g/mol. The van der Waals surface area contributed by atoms with Crippen LogP contribution in [0, 0.1) is 0 Å². The Kier molecular flexibility index (Phi) is 5.41. The Morgan fingerprint density at radius 3 is 2.71 bits per heavy atom. The fraction of sp³-hybridized carbons (Fsp3) is 0.478. The highest BCUT2D eigenvalue weighted by atomic mass is 19.3. The van der Waals surface area contributed by atoms with Gasteiger partial charge in [-0.3, -0.25) is 24.5 Å². The third-order valence-electron chi connectivity index (χ3n) is 7.12. The number of rotatable bonds is 4. The minimum absolute atomic E-state index is 0.121. The summed E-state index contributed by atoms with van der Waals surface area (Å²) in [4.78, 5) is 50.8. The van der Waals surface area contributed by atoms with Crippen LogP contribution >= 0.6 is 0 Å². The van der Waals surface area contributed by atoms with Gasteiger partial charge >= 0.3 is 0 Å². The molecule has 3 heterocycles. The van der Waals surface area contributed by atoms with Crippen molar-refractivity contribution in [1.29, 1.82) is 0 Å². The van der Waals surface area contributed by atoms with Gasteiger partial charge in [0.25, 0.3) is 17.7 Å². The van der Waals surface area contributed by atoms with Crippen LogP contribution < -0.4 is 10.6 Å². The van der Waals surface area contributed by atoms with E-state index in [2.05, 4.69) is 20.9 Å². The standard InChI is InChI=1S/C23H24F2N6O4/c1-22(8-2-3-9-23(22,24)25)27-19(33)16-12-31(29-28-16)14-5-4-13-11-30(21(35)15(13)10-14)17-6-7-18(32)26-20(17)34/h4-5,10,12,17H,2-3,6-9,11H2,1H3,(H,27,33)(H,26,32,34). The lowest BCUT2D eigenvalue weighted by Gasteiger charge is -2.41. The predicted octanol–water partition coefficient (Wildman–Crippen LogP) is 1.73. The fourth-order valence-electron chi connectivity index (χ4n) is 4.93. The summed E-state index contributed by atoms with van der Waals surface area (Å²) in [7, 11) is 0. The third kappa shape index (κ3) is 3.96. The topological polar surface area (TPSA) is 126 Å². The zero-order valence-electron chi connectivity index (χ0n) is 19.0. The van der Waals surface area contributed by atoms with Crippen LogP contribution in [0.5, 0.6) is 0 Å². The summed E-state index contributed by atoms with van der Waals surface area (Å²) >= 11 is 0. The van der Waals surface area contributed by atoms with Crippen LogP contribution in [0.4, 0.5) is 8.78 Å². The van der Waals surface area contributed by atoms with Gasteiger partial charge in [-0.15, -0.1) is 5.10 Å². The molecule has 35 heavy (non-hydrogen) atoms. The van der Waals surface area contributed by atoms with Gasteiger partial charge < -0.3 is 10.2 Å². The Morgan fingerprint density at radius 2 is 1.97 bits per heavy atom. The number of fused-ring (bicyclic) bond motifs is 1. The number of nitrogens with zero attached hydrogens (tertiary/aromatic N) is 4. The van der Waals surface area contributed by atoms with Gasteiger partial charge in [0.2, 0.25) is 11.8 Å². The molecule has 0 radical (unpaired) electrons. The van der Waals surface area contributed by atoms with E-state index in [0.717, 1.165) is 0 Å². The Labute approximate surface area is 199 Å². The second-order valence-corrected chi connectivity index (χ2v) is 9.49. The number of halogens is 2. The van der Waals surface area contributed by atoms with Crippen molar-refractivity contribution >= 4 is 23.6 Å². The van der Waals surface area contributed by atoms with Crippen molar-refractivity contribution < 1.29 is 28.0 Å². The summed E-state index contributed by atoms with van der Waals surface area (Å²) in [5.74, 6) is -4.97. The molecule has 2 aliphatic heterocycles. The molecule has 1 aromatic heterocycles. The fourth-order valence-corrected chi connectivity index (χ4v) is 4.93. The van der Waals surface area contributed by atoms with Crippen molar-refractivity contribution in [2.24, 2.45) is 0 Å². The number of alkyl halides is 2. The molecule has 12 heteroatoms. The lowest BCUT2D eigenvalue weighted by Crippen LogP contribution is -2.60. The van der Waals surface area contributed by atoms with E-state index >= 15 is 0 Å². The van der Waals surface area contributed by atoms with Crippen LogP contribution in [0.15, 0.2) is 24.4 Å². The van der Waals surface area contributed by atoms with Gasteiger partial charge in [0.1, 0.15) is 11.6 Å². The first-order valence-corrected chi connectivity index (χ1v) is 11.5. The summed E-state index contributed by atoms with van der Waals surface area (Å²) in [6.45, 7) is 1.58. The van der Waals surface area contributed by atoms with Crippen LogP contribution in [-0.2, 0) is 16.1 Å². The van der Waals surface area contributed by atoms with Crippen molar-refractivity contribution in [2.45, 2.75) is 69.5 Å². The summed E-state index contributed by atoms with van der Waals surface area (Å²) < 4.78 is 30.2. The van der Waals surface area contributed by atoms with Crippen molar-refractivity contribution in [3.05, 3.63) is 41.2 Å². The number of hydrogen-bond acceptors (Lipinski definition) is 6. The molecule has 2 fully saturated rings. The molecule has 2 atom stereocenters. The number of aromatic nitrogens is 3. The second kappa shape index (κ2) is 8.21. The zero-order chi connectivity index (χ0) is 25.0. The summed E-state index contributed by atoms with van der Waals surface area (Å²) in [6, 6.07) is 4.26. The quantitative estimate of drug-likeness (QED) is 0.634. The molecule has 1 saturated heterocycles. The van der Waals surface area contributed by atoms with Gasteiger partial charge in [-0.25, -0.2) is 13.5 Å². The number of carbonyl (C=O) groups is 4. The lowest BCUT2D eigenvalue weighted by atomic mass is 9.79. The van der Waals surface area contributed by atoms with Crippen LogP contribution in [0.1, 0.15) is 71.9 Å². The van der Waals surface area contributed by atoms with Crippen LogP contribution in [-0.4, -0.2) is 61.0 Å². The average molecular weight is 486 g/mol. The summed E-state index contributed by atoms with van der Waals surface area (Å²) in [6.07, 6.45) is 2.63. The molecule has 1 saturated carbocycles. The van der Waals surface area contributed by atoms with Gasteiger partial charge in [0.05, 0.1) is 11.9 Å². The Balaban J connectivity index is 1.33. The van der Waals surface area contributed by atoms with E-state index in [1.54, 1.807) is 18.2 Å². The van der Waals surface area contributed by atoms with E-state index in [0.29, 0.717) is 29.7 Å². The van der Waals surface area contributed by atoms with Crippen molar-refractivity contribution in [3.8, 4) is 5.69 Å². The highest BCUT2D eigenvalue weighted by Gasteiger charge is 2.52. The van der Waals surface area contributed by atoms with Gasteiger partial charge in [-0.2, -0.15) is 0 Å². The number of nitrogens with one attached hydrogen (secondary N) is 2. The minimum Gasteiger partial charge on any atom is -0.339 e. The van der Waals surface area contributed by atoms with Gasteiger partial charge in [0, 0.05) is 24.9 Å². The molecule has 4 amide bonds. The lowest BCUT2D eigenvalue weighted by molar-refractivity contribution is -0.136. The largest absolute Gasteiger partial charge is 0.339 e. The molecule has 5 rings (SSSR count). The van der Waals surface area contributed by atoms with E-state index in [1.807, 2.05) is 0 Å². The van der Waals surface area contributed by atoms with Crippen LogP contribution in [0.3, 0.4) is 0 Å². The smallest absolute Gasteiger partial charge is 0.274 e. The average Bonchev–Trinajstić information content (AvgIpc) is 3.41. The van der Waals surface area contributed by atoms with E-state index in [-0.39, 0.29) is 49.7 Å². The van der Waals surface area contributed by atoms with Crippen LogP contribution in [0.25, 0.3) is 5.69 Å². The summed E-state index contributed by atoms with van der Waals surface area (Å²) in [5.41, 5.74) is -0.240. The number of piperidine rings is 1. The maximum atomic E-state index is 14.4. The first kappa shape index (κ1) is 23.1. The SMILES string of the molecule is CC1(NC(=O)c2cn(-c3ccc4c(c3)C(=O)N(C3CCC(=O)NC3=O)C4)nn2)CCCCC1(F)F. The molecule has 0 spiro atoms. The number of benzene rings is 1. The molecule has 2 aromatic rings. The van der Waals surface area contributed by atoms with Crippen molar-refractivity contribution in [1.82, 2.24) is 30.5 Å². The molecular weight excluding hydrogens is 462 g/mol. The number of carbonyl (C=O) groups excluding carboxylic acids is 4. The van der Waals surface area contributed by atoms with Gasteiger partial charge in [0.15, 0.2) is 5.69 Å². The minimum atomic E-state index is -3.02. The van der Waals surface area contributed by atoms with Gasteiger partial charge in [-0.1, -0.05) is 17.7 Å². The maximum absolute atomic E-state index is 14.4. The maximum Gasteiger partial charge on any atom is 0.274 e. The molecule has 3 aliphatic rings. The first-order chi connectivity index (χ1) is 16.6. The highest BCUT2D eigenvalue weighted by molar-refractivity contribution is 6.05. The molecule has 2 N–H and O–H groups in total. The number of amides is 4. The summed E-state index contributed by atoms with van der Waals surface area (Å²) in [5, 5.41) is 12.5. The predicted molar refractivity (Wildman–Crippen MR) is 117 cm³/mol. The molecule has 0 bridgehead atoms. The number of imide groups is 1. The Morgan fingerprint density at radius 1 is 1.20 bits per heavy atom. The van der Waals surface area contributed by atoms with Gasteiger partial charge in [-0.05, 0) is 43.9 Å². The van der Waals surface area contributed by atoms with E-state index in [4.69, 9.17) is 0 Å². The zero-order valence-corrected chi connectivity index (χ0v) is 19.0. The first-order valence-electron chi connectivity index (χ1n) is 11.5. The molecule has 1 aliphatic carbocycles. The molecule has 1 aromatic carbocycles. The van der Waals surface area contributed by atoms with Crippen LogP contribution in [0.2, 0.25) is 0 Å². The van der Waals surface area contributed by atoms with E-state index < -0.39 is 29.3 Å². The molecule has 10 nitrogen and oxygen atoms in total. The molecule has 184 valence electrons. The third-order valence-corrected chi connectivity index (χ3v) is 7.12. The Bertz CT molecular complexity index is 1240. The second-order valence-electron chi connectivity index (χ2n) is 9.49. The van der Waals surface area contributed by atoms with Crippen molar-refractivity contribution in [2.75, 3.05) is 0 Å². The van der Waals surface area contributed by atoms with E-state index in [1.165, 1.54) is 22.7 Å². The number of hydrogen-bond donors (Lipinski definition) is 2.